The van der Waals surface area contributed by atoms with E-state index in [2.05, 4.69) is 5.32 Å². The van der Waals surface area contributed by atoms with Gasteiger partial charge in [0.15, 0.2) is 11.6 Å². The van der Waals surface area contributed by atoms with E-state index >= 15 is 0 Å². The number of hydrogen-bond donors (Lipinski definition) is 1. The molecule has 0 saturated carbocycles. The number of amides is 1. The van der Waals surface area contributed by atoms with Gasteiger partial charge in [0.2, 0.25) is 5.91 Å². The molecule has 116 valence electrons. The first-order valence-electron chi connectivity index (χ1n) is 6.19. The number of carbonyl (C=O) groups excluding carboxylic acids is 1. The molecular formula is C13H14F4N2O2. The molecule has 2 unspecified atom stereocenters. The molecule has 1 amide bonds. The van der Waals surface area contributed by atoms with Crippen molar-refractivity contribution in [2.75, 3.05) is 13.7 Å². The standard InChI is InChI=1S/C13H14F4N2O2/c1-7-12(20)19(6-13(15,16)17)11(18-7)8-3-4-10(21-2)9(14)5-8/h3-5,7,11,18H,6H2,1-2H3. The van der Waals surface area contributed by atoms with E-state index in [9.17, 15) is 22.4 Å². The van der Waals surface area contributed by atoms with Crippen LogP contribution in [0.25, 0.3) is 0 Å². The normalized spacial score (nSPS) is 22.8. The Balaban J connectivity index is 2.32. The van der Waals surface area contributed by atoms with Gasteiger partial charge in [0, 0.05) is 0 Å². The number of alkyl halides is 3. The Bertz CT molecular complexity index is 547. The fraction of sp³-hybridized carbons (Fsp3) is 0.462. The molecule has 0 spiro atoms. The third-order valence-electron chi connectivity index (χ3n) is 3.21. The van der Waals surface area contributed by atoms with Crippen LogP contribution in [-0.2, 0) is 4.79 Å². The van der Waals surface area contributed by atoms with Gasteiger partial charge in [0.05, 0.1) is 13.2 Å². The molecule has 0 aliphatic carbocycles. The van der Waals surface area contributed by atoms with Crippen molar-refractivity contribution in [3.8, 4) is 5.75 Å². The summed E-state index contributed by atoms with van der Waals surface area (Å²) in [5.74, 6) is -1.39. The quantitative estimate of drug-likeness (QED) is 0.871. The van der Waals surface area contributed by atoms with Crippen LogP contribution in [0, 0.1) is 5.82 Å². The van der Waals surface area contributed by atoms with E-state index in [0.29, 0.717) is 4.90 Å². The van der Waals surface area contributed by atoms with E-state index in [0.717, 1.165) is 6.07 Å². The predicted octanol–water partition coefficient (Wildman–Crippen LogP) is 2.22. The maximum Gasteiger partial charge on any atom is 0.406 e. The van der Waals surface area contributed by atoms with Crippen molar-refractivity contribution >= 4 is 5.91 Å². The Kier molecular flexibility index (Phi) is 4.08. The summed E-state index contributed by atoms with van der Waals surface area (Å²) in [7, 11) is 1.29. The largest absolute Gasteiger partial charge is 0.494 e. The fourth-order valence-electron chi connectivity index (χ4n) is 2.27. The first-order chi connectivity index (χ1) is 9.73. The van der Waals surface area contributed by atoms with Crippen molar-refractivity contribution in [2.24, 2.45) is 0 Å². The molecule has 0 bridgehead atoms. The highest BCUT2D eigenvalue weighted by Crippen LogP contribution is 2.31. The number of benzene rings is 1. The molecule has 0 radical (unpaired) electrons. The maximum atomic E-state index is 13.7. The summed E-state index contributed by atoms with van der Waals surface area (Å²) < 4.78 is 56.2. The van der Waals surface area contributed by atoms with Crippen LogP contribution < -0.4 is 10.1 Å². The first kappa shape index (κ1) is 15.6. The Morgan fingerprint density at radius 2 is 2.05 bits per heavy atom. The van der Waals surface area contributed by atoms with Crippen molar-refractivity contribution in [2.45, 2.75) is 25.3 Å². The van der Waals surface area contributed by atoms with Crippen molar-refractivity contribution in [1.82, 2.24) is 10.2 Å². The van der Waals surface area contributed by atoms with Gasteiger partial charge in [-0.05, 0) is 24.6 Å². The first-order valence-corrected chi connectivity index (χ1v) is 6.19. The lowest BCUT2D eigenvalue weighted by atomic mass is 10.1. The van der Waals surface area contributed by atoms with Gasteiger partial charge in [-0.25, -0.2) is 4.39 Å². The lowest BCUT2D eigenvalue weighted by molar-refractivity contribution is -0.161. The maximum absolute atomic E-state index is 13.7. The lowest BCUT2D eigenvalue weighted by Gasteiger charge is -2.25. The second-order valence-electron chi connectivity index (χ2n) is 4.77. The molecule has 0 aromatic heterocycles. The van der Waals surface area contributed by atoms with Crippen LogP contribution >= 0.6 is 0 Å². The van der Waals surface area contributed by atoms with Gasteiger partial charge >= 0.3 is 6.18 Å². The summed E-state index contributed by atoms with van der Waals surface area (Å²) >= 11 is 0. The van der Waals surface area contributed by atoms with Crippen molar-refractivity contribution in [1.29, 1.82) is 0 Å². The number of nitrogens with one attached hydrogen (secondary N) is 1. The van der Waals surface area contributed by atoms with Gasteiger partial charge in [-0.15, -0.1) is 0 Å². The topological polar surface area (TPSA) is 41.6 Å². The smallest absolute Gasteiger partial charge is 0.406 e. The average Bonchev–Trinajstić information content (AvgIpc) is 2.65. The van der Waals surface area contributed by atoms with Gasteiger partial charge in [0.25, 0.3) is 0 Å². The van der Waals surface area contributed by atoms with Crippen LogP contribution in [0.3, 0.4) is 0 Å². The summed E-state index contributed by atoms with van der Waals surface area (Å²) in [6.07, 6.45) is -5.54. The van der Waals surface area contributed by atoms with Gasteiger partial charge in [-0.2, -0.15) is 13.2 Å². The zero-order valence-corrected chi connectivity index (χ0v) is 11.4. The number of ether oxygens (including phenoxy) is 1. The minimum atomic E-state index is -4.52. The SMILES string of the molecule is COc1ccc(C2NC(C)C(=O)N2CC(F)(F)F)cc1F. The van der Waals surface area contributed by atoms with Gasteiger partial charge in [-0.1, -0.05) is 6.07 Å². The molecule has 21 heavy (non-hydrogen) atoms. The van der Waals surface area contributed by atoms with E-state index in [1.165, 1.54) is 26.2 Å². The average molecular weight is 306 g/mol. The molecule has 1 aromatic rings. The number of methoxy groups -OCH3 is 1. The van der Waals surface area contributed by atoms with E-state index in [1.807, 2.05) is 0 Å². The second kappa shape index (κ2) is 5.51. The number of nitrogens with zero attached hydrogens (tertiary/aromatic N) is 1. The van der Waals surface area contributed by atoms with E-state index < -0.39 is 36.7 Å². The molecule has 1 aromatic carbocycles. The van der Waals surface area contributed by atoms with Crippen LogP contribution in [0.5, 0.6) is 5.75 Å². The number of carbonyl (C=O) groups is 1. The summed E-state index contributed by atoms with van der Waals surface area (Å²) in [6.45, 7) is 0.0765. The molecule has 1 N–H and O–H groups in total. The van der Waals surface area contributed by atoms with Gasteiger partial charge in [0.1, 0.15) is 12.7 Å². The number of hydrogen-bond acceptors (Lipinski definition) is 3. The minimum Gasteiger partial charge on any atom is -0.494 e. The molecule has 1 saturated heterocycles. The lowest BCUT2D eigenvalue weighted by Crippen LogP contribution is -2.38. The van der Waals surface area contributed by atoms with E-state index in [1.54, 1.807) is 0 Å². The minimum absolute atomic E-state index is 0.0153. The molecule has 8 heteroatoms. The van der Waals surface area contributed by atoms with Crippen LogP contribution in [0.4, 0.5) is 17.6 Å². The summed E-state index contributed by atoms with van der Waals surface area (Å²) in [4.78, 5) is 12.5. The predicted molar refractivity (Wildman–Crippen MR) is 66.1 cm³/mol. The van der Waals surface area contributed by atoms with Crippen molar-refractivity contribution in [3.63, 3.8) is 0 Å². The molecule has 2 atom stereocenters. The molecule has 1 aliphatic heterocycles. The zero-order valence-electron chi connectivity index (χ0n) is 11.4. The highest BCUT2D eigenvalue weighted by Gasteiger charge is 2.43. The third kappa shape index (κ3) is 3.26. The Morgan fingerprint density at radius 3 is 2.57 bits per heavy atom. The van der Waals surface area contributed by atoms with Gasteiger partial charge < -0.3 is 9.64 Å². The van der Waals surface area contributed by atoms with Crippen molar-refractivity contribution in [3.05, 3.63) is 29.6 Å². The Morgan fingerprint density at radius 1 is 1.38 bits per heavy atom. The van der Waals surface area contributed by atoms with Crippen LogP contribution in [-0.4, -0.2) is 36.7 Å². The van der Waals surface area contributed by atoms with Crippen LogP contribution in [0.2, 0.25) is 0 Å². The fourth-order valence-corrected chi connectivity index (χ4v) is 2.27. The third-order valence-corrected chi connectivity index (χ3v) is 3.21. The summed E-state index contributed by atoms with van der Waals surface area (Å²) in [6, 6.07) is 3.04. The van der Waals surface area contributed by atoms with Crippen LogP contribution in [0.1, 0.15) is 18.7 Å². The van der Waals surface area contributed by atoms with E-state index in [4.69, 9.17) is 4.74 Å². The second-order valence-corrected chi connectivity index (χ2v) is 4.77. The molecule has 1 aliphatic rings. The molecule has 1 heterocycles. The summed E-state index contributed by atoms with van der Waals surface area (Å²) in [5, 5.41) is 2.73. The van der Waals surface area contributed by atoms with E-state index in [-0.39, 0.29) is 11.3 Å². The number of rotatable bonds is 3. The highest BCUT2D eigenvalue weighted by atomic mass is 19.4. The van der Waals surface area contributed by atoms with Gasteiger partial charge in [-0.3, -0.25) is 10.1 Å². The monoisotopic (exact) mass is 306 g/mol. The number of halogens is 4. The Labute approximate surface area is 118 Å². The van der Waals surface area contributed by atoms with Crippen LogP contribution in [0.15, 0.2) is 18.2 Å². The zero-order chi connectivity index (χ0) is 15.8. The van der Waals surface area contributed by atoms with Crippen molar-refractivity contribution < 1.29 is 27.1 Å². The molecular weight excluding hydrogens is 292 g/mol. The highest BCUT2D eigenvalue weighted by molar-refractivity contribution is 5.84. The molecule has 4 nitrogen and oxygen atoms in total. The Hall–Kier alpha value is -1.83. The molecule has 1 fully saturated rings. The molecule has 2 rings (SSSR count). The summed E-state index contributed by atoms with van der Waals surface area (Å²) in [5.41, 5.74) is 0.232.